The molecule has 37 heavy (non-hydrogen) atoms. The van der Waals surface area contributed by atoms with E-state index in [-0.39, 0.29) is 63.1 Å². The number of sulfone groups is 1. The molecular formula is C24H29ClF3N4O4S+. The summed E-state index contributed by atoms with van der Waals surface area (Å²) in [6.07, 6.45) is -4.10. The Morgan fingerprint density at radius 1 is 1.19 bits per heavy atom. The fourth-order valence-electron chi connectivity index (χ4n) is 4.34. The molecule has 202 valence electrons. The van der Waals surface area contributed by atoms with Crippen LogP contribution in [0.3, 0.4) is 0 Å². The molecule has 0 radical (unpaired) electrons. The van der Waals surface area contributed by atoms with Crippen LogP contribution in [0.5, 0.6) is 0 Å². The second-order valence-corrected chi connectivity index (χ2v) is 11.6. The van der Waals surface area contributed by atoms with E-state index in [1.807, 2.05) is 0 Å². The van der Waals surface area contributed by atoms with E-state index in [0.717, 1.165) is 6.07 Å². The molecular weight excluding hydrogens is 533 g/mol. The number of likely N-dealkylation sites (tertiary alicyclic amines) is 1. The Morgan fingerprint density at radius 3 is 2.51 bits per heavy atom. The van der Waals surface area contributed by atoms with Crippen LogP contribution in [0.25, 0.3) is 0 Å². The van der Waals surface area contributed by atoms with Gasteiger partial charge in [-0.2, -0.15) is 13.2 Å². The van der Waals surface area contributed by atoms with Crippen molar-refractivity contribution in [3.63, 3.8) is 0 Å². The summed E-state index contributed by atoms with van der Waals surface area (Å²) in [6.45, 7) is 3.52. The van der Waals surface area contributed by atoms with Gasteiger partial charge < -0.3 is 16.4 Å². The number of halogens is 4. The standard InChI is InChI=1S/C24H28ClF3N4O4S/c1-3-37(35,36)22-5-4-17(25)8-15(22)11-30-23(34)19-10-20(24(26,27)28)16(9-21(19)29)12-32-7-6-18(13-32)31-14(2)33/h4-5,8-10,18H,3,6-7,11-13,29H2,1-2H3,(H,30,34)(H,31,33)/p+1. The van der Waals surface area contributed by atoms with Gasteiger partial charge in [0.25, 0.3) is 5.91 Å². The molecule has 0 bridgehead atoms. The molecule has 2 aromatic carbocycles. The number of alkyl halides is 3. The lowest BCUT2D eigenvalue weighted by atomic mass is 10.00. The first-order valence-corrected chi connectivity index (χ1v) is 13.6. The van der Waals surface area contributed by atoms with E-state index in [2.05, 4.69) is 16.4 Å². The third-order valence-electron chi connectivity index (χ3n) is 6.13. The average Bonchev–Trinajstić information content (AvgIpc) is 3.22. The molecule has 1 saturated heterocycles. The number of amides is 2. The van der Waals surface area contributed by atoms with Crippen molar-refractivity contribution in [3.05, 3.63) is 57.6 Å². The molecule has 13 heteroatoms. The van der Waals surface area contributed by atoms with Crippen molar-refractivity contribution in [1.29, 1.82) is 0 Å². The van der Waals surface area contributed by atoms with Crippen molar-refractivity contribution in [3.8, 4) is 0 Å². The van der Waals surface area contributed by atoms with Gasteiger partial charge in [-0.25, -0.2) is 8.42 Å². The molecule has 0 aromatic heterocycles. The maximum Gasteiger partial charge on any atom is 0.416 e. The molecule has 0 spiro atoms. The number of quaternary nitrogens is 1. The minimum absolute atomic E-state index is 0.0101. The number of nitrogens with one attached hydrogen (secondary N) is 2. The van der Waals surface area contributed by atoms with Crippen LogP contribution in [0.15, 0.2) is 35.2 Å². The molecule has 2 aromatic rings. The van der Waals surface area contributed by atoms with E-state index in [1.54, 1.807) is 4.90 Å². The van der Waals surface area contributed by atoms with Gasteiger partial charge in [-0.3, -0.25) is 14.5 Å². The van der Waals surface area contributed by atoms with E-state index in [9.17, 15) is 31.2 Å². The van der Waals surface area contributed by atoms with Crippen molar-refractivity contribution >= 4 is 38.9 Å². The van der Waals surface area contributed by atoms with E-state index in [4.69, 9.17) is 11.6 Å². The number of carbonyl (C=O) groups is 2. The summed E-state index contributed by atoms with van der Waals surface area (Å²) in [6, 6.07) is 6.02. The molecule has 5 N–H and O–H groups in total. The highest BCUT2D eigenvalue weighted by Crippen LogP contribution is 2.35. The predicted molar refractivity (Wildman–Crippen MR) is 132 cm³/mol. The zero-order chi connectivity index (χ0) is 27.5. The van der Waals surface area contributed by atoms with Crippen molar-refractivity contribution in [2.75, 3.05) is 18.8 Å². The first kappa shape index (κ1) is 28.9. The van der Waals surface area contributed by atoms with Crippen molar-refractivity contribution in [2.24, 2.45) is 0 Å². The van der Waals surface area contributed by atoms with Crippen LogP contribution in [0.1, 0.15) is 47.3 Å². The number of hydrogen-bond acceptors (Lipinski definition) is 5. The predicted octanol–water partition coefficient (Wildman–Crippen LogP) is 2.67. The van der Waals surface area contributed by atoms with Crippen LogP contribution in [-0.4, -0.2) is 50.0 Å². The highest BCUT2D eigenvalue weighted by atomic mass is 35.5. The van der Waals surface area contributed by atoms with E-state index in [0.29, 0.717) is 19.5 Å². The van der Waals surface area contributed by atoms with Crippen molar-refractivity contribution in [2.45, 2.75) is 50.5 Å². The Labute approximate surface area is 218 Å². The maximum absolute atomic E-state index is 14.0. The molecule has 0 saturated carbocycles. The molecule has 0 aliphatic carbocycles. The fraction of sp³-hybridized carbons (Fsp3) is 0.417. The van der Waals surface area contributed by atoms with Crippen LogP contribution in [0, 0.1) is 0 Å². The number of nitrogens with zero attached hydrogens (tertiary/aromatic N) is 1. The Bertz CT molecular complexity index is 1300. The SMILES string of the molecule is CCS(=O)(=O)c1ccc(Cl)cc1CNC(=O)c1cc(C(F)(F)F)c(CN2CCC(NC(C)=O)C2)cc1[NH3+]. The quantitative estimate of drug-likeness (QED) is 0.457. The summed E-state index contributed by atoms with van der Waals surface area (Å²) in [5.41, 5.74) is 2.85. The topological polar surface area (TPSA) is 123 Å². The first-order valence-electron chi connectivity index (χ1n) is 11.6. The van der Waals surface area contributed by atoms with Crippen LogP contribution in [0.4, 0.5) is 18.9 Å². The van der Waals surface area contributed by atoms with E-state index < -0.39 is 27.5 Å². The average molecular weight is 562 g/mol. The third kappa shape index (κ3) is 7.22. The summed E-state index contributed by atoms with van der Waals surface area (Å²) in [5.74, 6) is -1.19. The van der Waals surface area contributed by atoms with E-state index in [1.165, 1.54) is 38.1 Å². The fourth-order valence-corrected chi connectivity index (χ4v) is 5.65. The largest absolute Gasteiger partial charge is 0.416 e. The summed E-state index contributed by atoms with van der Waals surface area (Å²) < 4.78 is 66.7. The Hall–Kier alpha value is -2.67. The second-order valence-electron chi connectivity index (χ2n) is 8.92. The van der Waals surface area contributed by atoms with Gasteiger partial charge in [-0.15, -0.1) is 0 Å². The van der Waals surface area contributed by atoms with Crippen LogP contribution in [0.2, 0.25) is 5.02 Å². The Morgan fingerprint density at radius 2 is 1.89 bits per heavy atom. The number of rotatable bonds is 8. The lowest BCUT2D eigenvalue weighted by Crippen LogP contribution is -2.44. The molecule has 3 rings (SSSR count). The summed E-state index contributed by atoms with van der Waals surface area (Å²) >= 11 is 5.99. The minimum Gasteiger partial charge on any atom is -0.352 e. The normalized spacial score (nSPS) is 16.6. The van der Waals surface area contributed by atoms with Crippen molar-refractivity contribution in [1.82, 2.24) is 15.5 Å². The zero-order valence-corrected chi connectivity index (χ0v) is 22.0. The van der Waals surface area contributed by atoms with Crippen molar-refractivity contribution < 1.29 is 36.9 Å². The van der Waals surface area contributed by atoms with Gasteiger partial charge in [0.1, 0.15) is 11.3 Å². The molecule has 1 fully saturated rings. The molecule has 1 heterocycles. The lowest BCUT2D eigenvalue weighted by molar-refractivity contribution is -0.255. The molecule has 2 amide bonds. The Balaban J connectivity index is 1.84. The van der Waals surface area contributed by atoms with Gasteiger partial charge in [0.05, 0.1) is 16.2 Å². The van der Waals surface area contributed by atoms with Crippen LogP contribution < -0.4 is 16.4 Å². The van der Waals surface area contributed by atoms with Gasteiger partial charge in [0.15, 0.2) is 9.84 Å². The van der Waals surface area contributed by atoms with Crippen LogP contribution >= 0.6 is 11.6 Å². The lowest BCUT2D eigenvalue weighted by Gasteiger charge is -2.20. The monoisotopic (exact) mass is 561 g/mol. The minimum atomic E-state index is -4.72. The first-order chi connectivity index (χ1) is 17.2. The third-order valence-corrected chi connectivity index (χ3v) is 8.19. The molecule has 1 unspecified atom stereocenters. The number of carbonyl (C=O) groups excluding carboxylic acids is 2. The number of hydrogen-bond donors (Lipinski definition) is 3. The van der Waals surface area contributed by atoms with Gasteiger partial charge in [-0.05, 0) is 41.8 Å². The van der Waals surface area contributed by atoms with Crippen LogP contribution in [-0.2, 0) is 33.9 Å². The second kappa shape index (κ2) is 11.4. The summed E-state index contributed by atoms with van der Waals surface area (Å²) in [7, 11) is -3.62. The molecule has 1 atom stereocenters. The highest BCUT2D eigenvalue weighted by molar-refractivity contribution is 7.91. The maximum atomic E-state index is 14.0. The molecule has 1 aliphatic rings. The smallest absolute Gasteiger partial charge is 0.352 e. The Kier molecular flexibility index (Phi) is 8.89. The van der Waals surface area contributed by atoms with Gasteiger partial charge in [0.2, 0.25) is 5.91 Å². The van der Waals surface area contributed by atoms with Gasteiger partial charge >= 0.3 is 6.18 Å². The summed E-state index contributed by atoms with van der Waals surface area (Å²) in [4.78, 5) is 26.0. The highest BCUT2D eigenvalue weighted by Gasteiger charge is 2.36. The van der Waals surface area contributed by atoms with Gasteiger partial charge in [0, 0.05) is 50.2 Å². The molecule has 8 nitrogen and oxygen atoms in total. The van der Waals surface area contributed by atoms with Gasteiger partial charge in [-0.1, -0.05) is 18.5 Å². The number of benzene rings is 2. The molecule has 1 aliphatic heterocycles. The van der Waals surface area contributed by atoms with E-state index >= 15 is 0 Å². The zero-order valence-electron chi connectivity index (χ0n) is 20.4. The summed E-state index contributed by atoms with van der Waals surface area (Å²) in [5, 5.41) is 5.52.